The van der Waals surface area contributed by atoms with E-state index < -0.39 is 12.5 Å². The summed E-state index contributed by atoms with van der Waals surface area (Å²) in [6.45, 7) is 2.68. The number of urea groups is 1. The predicted molar refractivity (Wildman–Crippen MR) is 62.6 cm³/mol. The van der Waals surface area contributed by atoms with Crippen LogP contribution in [0.25, 0.3) is 0 Å². The Morgan fingerprint density at radius 3 is 2.47 bits per heavy atom. The van der Waals surface area contributed by atoms with Crippen molar-refractivity contribution in [2.45, 2.75) is 6.92 Å². The van der Waals surface area contributed by atoms with Gasteiger partial charge in [-0.15, -0.1) is 6.42 Å². The Morgan fingerprint density at radius 1 is 1.41 bits per heavy atom. The zero-order valence-corrected chi connectivity index (χ0v) is 10.2. The average molecular weight is 242 g/mol. The minimum atomic E-state index is -1.09. The lowest BCUT2D eigenvalue weighted by Gasteiger charge is -2.27. The topological polar surface area (TPSA) is 70.1 Å². The van der Waals surface area contributed by atoms with Crippen molar-refractivity contribution < 1.29 is 19.4 Å². The summed E-state index contributed by atoms with van der Waals surface area (Å²) in [4.78, 5) is 25.2. The van der Waals surface area contributed by atoms with E-state index >= 15 is 0 Å². The zero-order chi connectivity index (χ0) is 13.3. The van der Waals surface area contributed by atoms with E-state index in [-0.39, 0.29) is 12.6 Å². The molecule has 0 saturated heterocycles. The molecule has 0 atom stereocenters. The first-order chi connectivity index (χ1) is 8.06. The Balaban J connectivity index is 4.55. The molecule has 0 saturated carbocycles. The van der Waals surface area contributed by atoms with Crippen LogP contribution in [0.4, 0.5) is 4.79 Å². The number of terminal acetylenes is 1. The summed E-state index contributed by atoms with van der Waals surface area (Å²) in [5.74, 6) is 1.19. The van der Waals surface area contributed by atoms with Crippen molar-refractivity contribution in [1.82, 2.24) is 9.80 Å². The highest BCUT2D eigenvalue weighted by Crippen LogP contribution is 1.99. The van der Waals surface area contributed by atoms with E-state index in [0.29, 0.717) is 19.7 Å². The highest BCUT2D eigenvalue weighted by Gasteiger charge is 2.20. The Labute approximate surface area is 101 Å². The number of hydrogen-bond acceptors (Lipinski definition) is 3. The number of amides is 2. The number of carbonyl (C=O) groups excluding carboxylic acids is 1. The Kier molecular flexibility index (Phi) is 7.55. The Bertz CT molecular complexity index is 298. The van der Waals surface area contributed by atoms with Crippen LogP contribution in [0.3, 0.4) is 0 Å². The minimum Gasteiger partial charge on any atom is -0.480 e. The molecule has 0 fully saturated rings. The standard InChI is InChI=1S/C11H18N2O4/c1-4-6-13(9-10(14)15)11(16)12(5-2)7-8-17-3/h1H,5-9H2,2-3H3,(H,14,15). The van der Waals surface area contributed by atoms with Gasteiger partial charge in [0.1, 0.15) is 6.54 Å². The molecule has 0 aromatic rings. The first-order valence-electron chi connectivity index (χ1n) is 5.24. The summed E-state index contributed by atoms with van der Waals surface area (Å²) >= 11 is 0. The molecule has 0 aliphatic carbocycles. The van der Waals surface area contributed by atoms with Gasteiger partial charge in [-0.3, -0.25) is 4.79 Å². The van der Waals surface area contributed by atoms with E-state index in [1.54, 1.807) is 0 Å². The quantitative estimate of drug-likeness (QED) is 0.642. The van der Waals surface area contributed by atoms with Crippen molar-refractivity contribution in [2.24, 2.45) is 0 Å². The molecule has 0 radical (unpaired) electrons. The third-order valence-electron chi connectivity index (χ3n) is 2.10. The van der Waals surface area contributed by atoms with Crippen LogP contribution in [0.1, 0.15) is 6.92 Å². The minimum absolute atomic E-state index is 0.0192. The number of hydrogen-bond donors (Lipinski definition) is 1. The van der Waals surface area contributed by atoms with E-state index in [1.165, 1.54) is 12.0 Å². The molecular weight excluding hydrogens is 224 g/mol. The monoisotopic (exact) mass is 242 g/mol. The number of aliphatic carboxylic acids is 1. The molecule has 0 bridgehead atoms. The van der Waals surface area contributed by atoms with Gasteiger partial charge in [-0.1, -0.05) is 5.92 Å². The number of nitrogens with zero attached hydrogens (tertiary/aromatic N) is 2. The first-order valence-corrected chi connectivity index (χ1v) is 5.24. The number of carboxylic acid groups (broad SMARTS) is 1. The fraction of sp³-hybridized carbons (Fsp3) is 0.636. The van der Waals surface area contributed by atoms with Crippen molar-refractivity contribution in [1.29, 1.82) is 0 Å². The van der Waals surface area contributed by atoms with Gasteiger partial charge in [0.05, 0.1) is 13.2 Å². The van der Waals surface area contributed by atoms with Crippen LogP contribution in [0, 0.1) is 12.3 Å². The lowest BCUT2D eigenvalue weighted by atomic mass is 10.4. The molecule has 1 N–H and O–H groups in total. The van der Waals surface area contributed by atoms with Gasteiger partial charge >= 0.3 is 12.0 Å². The normalized spacial score (nSPS) is 9.47. The van der Waals surface area contributed by atoms with Crippen molar-refractivity contribution in [3.63, 3.8) is 0 Å². The summed E-state index contributed by atoms with van der Waals surface area (Å²) in [7, 11) is 1.54. The molecule has 0 unspecified atom stereocenters. The molecule has 96 valence electrons. The molecule has 0 aromatic heterocycles. The van der Waals surface area contributed by atoms with Crippen molar-refractivity contribution in [3.05, 3.63) is 0 Å². The first kappa shape index (κ1) is 15.3. The second-order valence-corrected chi connectivity index (χ2v) is 3.31. The fourth-order valence-electron chi connectivity index (χ4n) is 1.26. The Morgan fingerprint density at radius 2 is 2.06 bits per heavy atom. The summed E-state index contributed by atoms with van der Waals surface area (Å²) in [5.41, 5.74) is 0. The summed E-state index contributed by atoms with van der Waals surface area (Å²) in [6, 6.07) is -0.384. The van der Waals surface area contributed by atoms with Gasteiger partial charge in [0.2, 0.25) is 0 Å². The van der Waals surface area contributed by atoms with Gasteiger partial charge in [0.25, 0.3) is 0 Å². The zero-order valence-electron chi connectivity index (χ0n) is 10.2. The number of carbonyl (C=O) groups is 2. The van der Waals surface area contributed by atoms with Gasteiger partial charge < -0.3 is 19.6 Å². The summed E-state index contributed by atoms with van der Waals surface area (Å²) < 4.78 is 4.88. The van der Waals surface area contributed by atoms with Crippen LogP contribution in [-0.4, -0.2) is 66.8 Å². The van der Waals surface area contributed by atoms with Crippen LogP contribution >= 0.6 is 0 Å². The smallest absolute Gasteiger partial charge is 0.323 e. The van der Waals surface area contributed by atoms with Gasteiger partial charge in [-0.05, 0) is 6.92 Å². The number of carboxylic acids is 1. The molecule has 0 aliphatic rings. The van der Waals surface area contributed by atoms with Gasteiger partial charge in [-0.2, -0.15) is 0 Å². The molecule has 0 spiro atoms. The van der Waals surface area contributed by atoms with Crippen molar-refractivity contribution in [3.8, 4) is 12.3 Å². The van der Waals surface area contributed by atoms with Crippen LogP contribution < -0.4 is 0 Å². The lowest BCUT2D eigenvalue weighted by Crippen LogP contribution is -2.46. The lowest BCUT2D eigenvalue weighted by molar-refractivity contribution is -0.137. The van der Waals surface area contributed by atoms with E-state index in [9.17, 15) is 9.59 Å². The molecule has 17 heavy (non-hydrogen) atoms. The van der Waals surface area contributed by atoms with Gasteiger partial charge in [-0.25, -0.2) is 4.79 Å². The highest BCUT2D eigenvalue weighted by molar-refractivity contribution is 5.80. The maximum Gasteiger partial charge on any atom is 0.323 e. The number of likely N-dealkylation sites (N-methyl/N-ethyl adjacent to an activating group) is 1. The van der Waals surface area contributed by atoms with Gasteiger partial charge in [0.15, 0.2) is 0 Å². The largest absolute Gasteiger partial charge is 0.480 e. The van der Waals surface area contributed by atoms with Crippen molar-refractivity contribution >= 4 is 12.0 Å². The molecule has 6 heteroatoms. The highest BCUT2D eigenvalue weighted by atomic mass is 16.5. The molecule has 0 aromatic carbocycles. The molecule has 2 amide bonds. The van der Waals surface area contributed by atoms with Crippen LogP contribution in [0.2, 0.25) is 0 Å². The fourth-order valence-corrected chi connectivity index (χ4v) is 1.26. The second kappa shape index (κ2) is 8.42. The molecule has 0 aliphatic heterocycles. The molecule has 0 rings (SSSR count). The summed E-state index contributed by atoms with van der Waals surface area (Å²) in [5, 5.41) is 8.68. The average Bonchev–Trinajstić information content (AvgIpc) is 2.28. The van der Waals surface area contributed by atoms with E-state index in [4.69, 9.17) is 16.3 Å². The molecular formula is C11H18N2O4. The maximum absolute atomic E-state index is 11.9. The van der Waals surface area contributed by atoms with Gasteiger partial charge in [0, 0.05) is 20.2 Å². The number of methoxy groups -OCH3 is 1. The van der Waals surface area contributed by atoms with Crippen LogP contribution in [0.5, 0.6) is 0 Å². The van der Waals surface area contributed by atoms with E-state index in [1.807, 2.05) is 6.92 Å². The molecule has 6 nitrogen and oxygen atoms in total. The predicted octanol–water partition coefficient (Wildman–Crippen LogP) is 0.0945. The number of rotatable bonds is 7. The van der Waals surface area contributed by atoms with Crippen LogP contribution in [0.15, 0.2) is 0 Å². The van der Waals surface area contributed by atoms with Crippen molar-refractivity contribution in [2.75, 3.05) is 39.9 Å². The second-order valence-electron chi connectivity index (χ2n) is 3.31. The van der Waals surface area contributed by atoms with Crippen LogP contribution in [-0.2, 0) is 9.53 Å². The molecule has 0 heterocycles. The maximum atomic E-state index is 11.9. The van der Waals surface area contributed by atoms with E-state index in [2.05, 4.69) is 5.92 Å². The third-order valence-corrected chi connectivity index (χ3v) is 2.10. The number of ether oxygens (including phenoxy) is 1. The van der Waals surface area contributed by atoms with E-state index in [0.717, 1.165) is 4.90 Å². The SMILES string of the molecule is C#CCN(CC(=O)O)C(=O)N(CC)CCOC. The summed E-state index contributed by atoms with van der Waals surface area (Å²) in [6.07, 6.45) is 5.10. The Hall–Kier alpha value is -1.74. The third kappa shape index (κ3) is 5.78.